The number of amides is 1. The molecule has 1 N–H and O–H groups in total. The first-order chi connectivity index (χ1) is 13.2. The number of aryl methyl sites for hydroxylation is 1. The van der Waals surface area contributed by atoms with Gasteiger partial charge in [0.25, 0.3) is 0 Å². The Morgan fingerprint density at radius 3 is 2.74 bits per heavy atom. The number of carbonyl (C=O) groups is 1. The van der Waals surface area contributed by atoms with E-state index in [0.29, 0.717) is 24.5 Å². The zero-order valence-corrected chi connectivity index (χ0v) is 16.8. The average molecular weight is 375 g/mol. The molecule has 1 aromatic rings. The van der Waals surface area contributed by atoms with Crippen LogP contribution in [-0.4, -0.2) is 49.7 Å². The molecule has 150 valence electrons. The summed E-state index contributed by atoms with van der Waals surface area (Å²) in [6.07, 6.45) is 9.39. The van der Waals surface area contributed by atoms with Crippen LogP contribution in [0.25, 0.3) is 0 Å². The number of carbonyl (C=O) groups excluding carboxylic acids is 1. The average Bonchev–Trinajstić information content (AvgIpc) is 2.70. The highest BCUT2D eigenvalue weighted by molar-refractivity contribution is 5.76. The fourth-order valence-electron chi connectivity index (χ4n) is 4.35. The van der Waals surface area contributed by atoms with Gasteiger partial charge in [-0.15, -0.1) is 0 Å². The van der Waals surface area contributed by atoms with Crippen LogP contribution >= 0.6 is 0 Å². The SMILES string of the molecule is COc1cc(C)ccc1OCCC(=O)NC1CCCN(C2CCCCC2)C1. The summed E-state index contributed by atoms with van der Waals surface area (Å²) in [4.78, 5) is 15.0. The summed E-state index contributed by atoms with van der Waals surface area (Å²) in [5.74, 6) is 1.49. The van der Waals surface area contributed by atoms with E-state index in [0.717, 1.165) is 24.6 Å². The van der Waals surface area contributed by atoms with Crippen molar-refractivity contribution in [3.05, 3.63) is 23.8 Å². The van der Waals surface area contributed by atoms with Crippen LogP contribution in [0.1, 0.15) is 56.9 Å². The molecule has 2 aliphatic rings. The summed E-state index contributed by atoms with van der Waals surface area (Å²) in [6, 6.07) is 6.84. The smallest absolute Gasteiger partial charge is 0.223 e. The van der Waals surface area contributed by atoms with Gasteiger partial charge in [-0.2, -0.15) is 0 Å². The van der Waals surface area contributed by atoms with Crippen LogP contribution in [0.3, 0.4) is 0 Å². The van der Waals surface area contributed by atoms with Crippen molar-refractivity contribution in [1.82, 2.24) is 10.2 Å². The topological polar surface area (TPSA) is 50.8 Å². The molecule has 1 aliphatic heterocycles. The zero-order valence-electron chi connectivity index (χ0n) is 16.8. The highest BCUT2D eigenvalue weighted by atomic mass is 16.5. The normalized spacial score (nSPS) is 21.6. The third-order valence-corrected chi connectivity index (χ3v) is 5.81. The van der Waals surface area contributed by atoms with E-state index in [2.05, 4.69) is 10.2 Å². The molecule has 1 saturated carbocycles. The van der Waals surface area contributed by atoms with Crippen molar-refractivity contribution in [2.75, 3.05) is 26.8 Å². The summed E-state index contributed by atoms with van der Waals surface area (Å²) in [5, 5.41) is 3.22. The monoisotopic (exact) mass is 374 g/mol. The van der Waals surface area contributed by atoms with E-state index in [1.54, 1.807) is 7.11 Å². The lowest BCUT2D eigenvalue weighted by Gasteiger charge is -2.40. The molecular formula is C22H34N2O3. The maximum absolute atomic E-state index is 12.4. The summed E-state index contributed by atoms with van der Waals surface area (Å²) in [7, 11) is 1.63. The van der Waals surface area contributed by atoms with Gasteiger partial charge in [-0.1, -0.05) is 25.3 Å². The third-order valence-electron chi connectivity index (χ3n) is 5.81. The van der Waals surface area contributed by atoms with Gasteiger partial charge in [0.2, 0.25) is 5.91 Å². The predicted octanol–water partition coefficient (Wildman–Crippen LogP) is 3.69. The van der Waals surface area contributed by atoms with E-state index in [1.807, 2.05) is 25.1 Å². The molecule has 2 fully saturated rings. The minimum Gasteiger partial charge on any atom is -0.493 e. The number of hydrogen-bond acceptors (Lipinski definition) is 4. The van der Waals surface area contributed by atoms with E-state index in [-0.39, 0.29) is 11.9 Å². The minimum atomic E-state index is 0.0802. The molecule has 0 spiro atoms. The van der Waals surface area contributed by atoms with E-state index in [1.165, 1.54) is 45.1 Å². The van der Waals surface area contributed by atoms with Crippen molar-refractivity contribution in [3.8, 4) is 11.5 Å². The van der Waals surface area contributed by atoms with E-state index >= 15 is 0 Å². The molecule has 1 aliphatic carbocycles. The van der Waals surface area contributed by atoms with Gasteiger partial charge >= 0.3 is 0 Å². The molecule has 5 nitrogen and oxygen atoms in total. The summed E-state index contributed by atoms with van der Waals surface area (Å²) >= 11 is 0. The molecule has 1 aromatic carbocycles. The lowest BCUT2D eigenvalue weighted by atomic mass is 9.92. The van der Waals surface area contributed by atoms with Crippen LogP contribution in [0.15, 0.2) is 18.2 Å². The first-order valence-electron chi connectivity index (χ1n) is 10.5. The van der Waals surface area contributed by atoms with Gasteiger partial charge in [0.05, 0.1) is 20.1 Å². The Morgan fingerprint density at radius 2 is 1.96 bits per heavy atom. The van der Waals surface area contributed by atoms with Crippen LogP contribution in [0.4, 0.5) is 0 Å². The molecule has 0 radical (unpaired) electrons. The fraction of sp³-hybridized carbons (Fsp3) is 0.682. The van der Waals surface area contributed by atoms with Gasteiger partial charge in [0, 0.05) is 18.6 Å². The molecule has 0 aromatic heterocycles. The number of methoxy groups -OCH3 is 1. The van der Waals surface area contributed by atoms with Gasteiger partial charge in [0.1, 0.15) is 0 Å². The van der Waals surface area contributed by atoms with E-state index < -0.39 is 0 Å². The number of nitrogens with one attached hydrogen (secondary N) is 1. The number of piperidine rings is 1. The lowest BCUT2D eigenvalue weighted by molar-refractivity contribution is -0.122. The van der Waals surface area contributed by atoms with Crippen molar-refractivity contribution >= 4 is 5.91 Å². The number of hydrogen-bond donors (Lipinski definition) is 1. The summed E-state index contributed by atoms with van der Waals surface area (Å²) in [5.41, 5.74) is 1.12. The largest absolute Gasteiger partial charge is 0.493 e. The Labute approximate surface area is 163 Å². The van der Waals surface area contributed by atoms with Gasteiger partial charge in [-0.3, -0.25) is 9.69 Å². The number of ether oxygens (including phenoxy) is 2. The molecule has 5 heteroatoms. The van der Waals surface area contributed by atoms with Crippen molar-refractivity contribution in [1.29, 1.82) is 0 Å². The maximum Gasteiger partial charge on any atom is 0.223 e. The molecule has 1 atom stereocenters. The number of likely N-dealkylation sites (tertiary alicyclic amines) is 1. The first-order valence-corrected chi connectivity index (χ1v) is 10.5. The second-order valence-electron chi connectivity index (χ2n) is 7.95. The van der Waals surface area contributed by atoms with Gasteiger partial charge in [0.15, 0.2) is 11.5 Å². The third kappa shape index (κ3) is 5.86. The van der Waals surface area contributed by atoms with Crippen molar-refractivity contribution in [3.63, 3.8) is 0 Å². The quantitative estimate of drug-likeness (QED) is 0.791. The second kappa shape index (κ2) is 9.98. The van der Waals surface area contributed by atoms with E-state index in [4.69, 9.17) is 9.47 Å². The van der Waals surface area contributed by atoms with Crippen molar-refractivity contribution in [2.45, 2.75) is 70.4 Å². The molecule has 1 unspecified atom stereocenters. The predicted molar refractivity (Wildman–Crippen MR) is 107 cm³/mol. The molecule has 27 heavy (non-hydrogen) atoms. The van der Waals surface area contributed by atoms with Crippen LogP contribution in [0.2, 0.25) is 0 Å². The Morgan fingerprint density at radius 1 is 1.15 bits per heavy atom. The van der Waals surface area contributed by atoms with Crippen LogP contribution in [0, 0.1) is 6.92 Å². The molecule has 1 saturated heterocycles. The van der Waals surface area contributed by atoms with Gasteiger partial charge in [-0.25, -0.2) is 0 Å². The van der Waals surface area contributed by atoms with Crippen LogP contribution in [0.5, 0.6) is 11.5 Å². The first kappa shape index (κ1) is 20.0. The highest BCUT2D eigenvalue weighted by Gasteiger charge is 2.27. The molecular weight excluding hydrogens is 340 g/mol. The van der Waals surface area contributed by atoms with Crippen LogP contribution in [-0.2, 0) is 4.79 Å². The van der Waals surface area contributed by atoms with Gasteiger partial charge in [-0.05, 0) is 56.8 Å². The Hall–Kier alpha value is -1.75. The molecule has 0 bridgehead atoms. The second-order valence-corrected chi connectivity index (χ2v) is 7.95. The fourth-order valence-corrected chi connectivity index (χ4v) is 4.35. The number of rotatable bonds is 7. The molecule has 3 rings (SSSR count). The maximum atomic E-state index is 12.4. The lowest BCUT2D eigenvalue weighted by Crippen LogP contribution is -2.51. The standard InChI is InChI=1S/C22H34N2O3/c1-17-10-11-20(21(15-17)26-2)27-14-12-22(25)23-18-7-6-13-24(16-18)19-8-4-3-5-9-19/h10-11,15,18-19H,3-9,12-14,16H2,1-2H3,(H,23,25). The Bertz CT molecular complexity index is 614. The Kier molecular flexibility index (Phi) is 7.39. The van der Waals surface area contributed by atoms with Gasteiger partial charge < -0.3 is 14.8 Å². The number of benzene rings is 1. The van der Waals surface area contributed by atoms with E-state index in [9.17, 15) is 4.79 Å². The summed E-state index contributed by atoms with van der Waals surface area (Å²) in [6.45, 7) is 4.57. The summed E-state index contributed by atoms with van der Waals surface area (Å²) < 4.78 is 11.1. The number of nitrogens with zero attached hydrogens (tertiary/aromatic N) is 1. The zero-order chi connectivity index (χ0) is 19.1. The molecule has 1 amide bonds. The van der Waals surface area contributed by atoms with Crippen LogP contribution < -0.4 is 14.8 Å². The van der Waals surface area contributed by atoms with Crippen molar-refractivity contribution < 1.29 is 14.3 Å². The Balaban J connectivity index is 1.41. The minimum absolute atomic E-state index is 0.0802. The van der Waals surface area contributed by atoms with Crippen molar-refractivity contribution in [2.24, 2.45) is 0 Å². The molecule has 1 heterocycles. The highest BCUT2D eigenvalue weighted by Crippen LogP contribution is 2.28.